The summed E-state index contributed by atoms with van der Waals surface area (Å²) in [6.07, 6.45) is -2.17. The van der Waals surface area contributed by atoms with Gasteiger partial charge in [0.15, 0.2) is 0 Å². The summed E-state index contributed by atoms with van der Waals surface area (Å²) in [5.74, 6) is 0.560. The van der Waals surface area contributed by atoms with Crippen LogP contribution in [0, 0.1) is 5.92 Å². The molecule has 6 heteroatoms. The predicted octanol–water partition coefficient (Wildman–Crippen LogP) is 3.86. The molecule has 1 aromatic carbocycles. The van der Waals surface area contributed by atoms with E-state index in [1.165, 1.54) is 6.07 Å². The number of nitrogens with one attached hydrogen (secondary N) is 1. The summed E-state index contributed by atoms with van der Waals surface area (Å²) in [5, 5.41) is 3.00. The van der Waals surface area contributed by atoms with Gasteiger partial charge in [-0.25, -0.2) is 0 Å². The Kier molecular flexibility index (Phi) is 3.58. The normalized spacial score (nSPS) is 29.5. The molecule has 0 aliphatic carbocycles. The molecule has 1 atom stereocenters. The minimum atomic E-state index is -4.41. The predicted molar refractivity (Wildman–Crippen MR) is 73.0 cm³/mol. The number of benzene rings is 1. The summed E-state index contributed by atoms with van der Waals surface area (Å²) < 4.78 is 38.5. The molecule has 4 rings (SSSR count). The van der Waals surface area contributed by atoms with Gasteiger partial charge >= 0.3 is 6.18 Å². The van der Waals surface area contributed by atoms with Crippen molar-refractivity contribution in [1.82, 2.24) is 4.90 Å². The molecule has 1 aromatic rings. The molecule has 0 saturated carbocycles. The third-order valence-electron chi connectivity index (χ3n) is 4.28. The fraction of sp³-hybridized carbons (Fsp3) is 0.571. The first-order valence-corrected chi connectivity index (χ1v) is 7.17. The lowest BCUT2D eigenvalue weighted by atomic mass is 9.84. The first kappa shape index (κ1) is 14.0. The Morgan fingerprint density at radius 2 is 1.90 bits per heavy atom. The molecular formula is C14H16ClF3N2. The van der Waals surface area contributed by atoms with Gasteiger partial charge in [-0.3, -0.25) is 0 Å². The Hall–Kier alpha value is -0.940. The van der Waals surface area contributed by atoms with E-state index < -0.39 is 11.7 Å². The van der Waals surface area contributed by atoms with Crippen molar-refractivity contribution in [1.29, 1.82) is 0 Å². The maximum Gasteiger partial charge on any atom is 0.417 e. The summed E-state index contributed by atoms with van der Waals surface area (Å²) in [5.41, 5.74) is -0.272. The summed E-state index contributed by atoms with van der Waals surface area (Å²) >= 11 is 5.63. The molecule has 3 aliphatic heterocycles. The minimum Gasteiger partial charge on any atom is -0.381 e. The van der Waals surface area contributed by atoms with E-state index in [1.54, 1.807) is 6.07 Å². The van der Waals surface area contributed by atoms with E-state index in [-0.39, 0.29) is 11.1 Å². The zero-order valence-electron chi connectivity index (χ0n) is 10.9. The third kappa shape index (κ3) is 2.74. The van der Waals surface area contributed by atoms with Gasteiger partial charge in [-0.15, -0.1) is 0 Å². The van der Waals surface area contributed by atoms with Gasteiger partial charge in [0.1, 0.15) is 0 Å². The largest absolute Gasteiger partial charge is 0.417 e. The Labute approximate surface area is 120 Å². The Morgan fingerprint density at radius 3 is 2.45 bits per heavy atom. The van der Waals surface area contributed by atoms with Crippen LogP contribution in [0.15, 0.2) is 18.2 Å². The number of piperidine rings is 3. The minimum absolute atomic E-state index is 0.236. The molecular weight excluding hydrogens is 289 g/mol. The molecule has 3 fully saturated rings. The highest BCUT2D eigenvalue weighted by atomic mass is 35.5. The number of alkyl halides is 3. The van der Waals surface area contributed by atoms with Gasteiger partial charge in [0.25, 0.3) is 0 Å². The first-order chi connectivity index (χ1) is 9.43. The summed E-state index contributed by atoms with van der Waals surface area (Å²) in [4.78, 5) is 2.36. The van der Waals surface area contributed by atoms with Crippen LogP contribution in [-0.2, 0) is 6.18 Å². The first-order valence-electron chi connectivity index (χ1n) is 6.79. The van der Waals surface area contributed by atoms with Crippen molar-refractivity contribution in [3.05, 3.63) is 28.8 Å². The number of nitrogens with zero attached hydrogens (tertiary/aromatic N) is 1. The Bertz CT molecular complexity index is 496. The maximum atomic E-state index is 12.8. The summed E-state index contributed by atoms with van der Waals surface area (Å²) in [6.45, 7) is 3.13. The molecule has 110 valence electrons. The molecule has 0 aromatic heterocycles. The molecule has 0 spiro atoms. The molecule has 1 unspecified atom stereocenters. The highest BCUT2D eigenvalue weighted by molar-refractivity contribution is 6.31. The van der Waals surface area contributed by atoms with Crippen LogP contribution in [0.4, 0.5) is 18.9 Å². The summed E-state index contributed by atoms with van der Waals surface area (Å²) in [6, 6.07) is 4.28. The van der Waals surface area contributed by atoms with Crippen LogP contribution in [0.25, 0.3) is 0 Å². The third-order valence-corrected chi connectivity index (χ3v) is 4.61. The van der Waals surface area contributed by atoms with Crippen molar-refractivity contribution >= 4 is 17.3 Å². The van der Waals surface area contributed by atoms with E-state index in [2.05, 4.69) is 10.2 Å². The number of halogens is 4. The van der Waals surface area contributed by atoms with Gasteiger partial charge in [0, 0.05) is 18.3 Å². The second-order valence-corrected chi connectivity index (χ2v) is 5.99. The maximum absolute atomic E-state index is 12.8. The van der Waals surface area contributed by atoms with Gasteiger partial charge in [-0.2, -0.15) is 13.2 Å². The lowest BCUT2D eigenvalue weighted by Crippen LogP contribution is -2.53. The van der Waals surface area contributed by atoms with Crippen LogP contribution in [0.5, 0.6) is 0 Å². The fourth-order valence-corrected chi connectivity index (χ4v) is 3.40. The van der Waals surface area contributed by atoms with E-state index in [4.69, 9.17) is 11.6 Å². The zero-order chi connectivity index (χ0) is 14.3. The molecule has 20 heavy (non-hydrogen) atoms. The van der Waals surface area contributed by atoms with Crippen molar-refractivity contribution in [3.63, 3.8) is 0 Å². The van der Waals surface area contributed by atoms with E-state index in [0.29, 0.717) is 11.6 Å². The number of anilines is 1. The number of fused-ring (bicyclic) bond motifs is 3. The van der Waals surface area contributed by atoms with Gasteiger partial charge in [-0.05, 0) is 50.0 Å². The van der Waals surface area contributed by atoms with E-state index in [0.717, 1.165) is 38.5 Å². The second kappa shape index (κ2) is 5.11. The van der Waals surface area contributed by atoms with Crippen LogP contribution in [-0.4, -0.2) is 30.6 Å². The number of hydrogen-bond donors (Lipinski definition) is 1. The van der Waals surface area contributed by atoms with E-state index in [9.17, 15) is 13.2 Å². The fourth-order valence-electron chi connectivity index (χ4n) is 3.17. The van der Waals surface area contributed by atoms with Gasteiger partial charge in [0.05, 0.1) is 10.6 Å². The van der Waals surface area contributed by atoms with Crippen molar-refractivity contribution in [2.24, 2.45) is 5.92 Å². The molecule has 0 amide bonds. The van der Waals surface area contributed by atoms with Crippen LogP contribution in [0.3, 0.4) is 0 Å². The lowest BCUT2D eigenvalue weighted by molar-refractivity contribution is -0.137. The van der Waals surface area contributed by atoms with Crippen molar-refractivity contribution < 1.29 is 13.2 Å². The highest BCUT2D eigenvalue weighted by Gasteiger charge is 2.36. The van der Waals surface area contributed by atoms with Gasteiger partial charge in [-0.1, -0.05) is 11.6 Å². The van der Waals surface area contributed by atoms with Crippen LogP contribution < -0.4 is 5.32 Å². The van der Waals surface area contributed by atoms with Crippen molar-refractivity contribution in [2.75, 3.05) is 25.0 Å². The molecule has 0 radical (unpaired) electrons. The lowest BCUT2D eigenvalue weighted by Gasteiger charge is -2.45. The molecule has 2 nitrogen and oxygen atoms in total. The van der Waals surface area contributed by atoms with Gasteiger partial charge < -0.3 is 10.2 Å². The molecule has 3 saturated heterocycles. The molecule has 3 heterocycles. The van der Waals surface area contributed by atoms with E-state index >= 15 is 0 Å². The highest BCUT2D eigenvalue weighted by Crippen LogP contribution is 2.37. The average molecular weight is 305 g/mol. The Morgan fingerprint density at radius 1 is 1.20 bits per heavy atom. The van der Waals surface area contributed by atoms with Crippen molar-refractivity contribution in [3.8, 4) is 0 Å². The zero-order valence-corrected chi connectivity index (χ0v) is 11.6. The molecule has 1 N–H and O–H groups in total. The number of rotatable bonds is 2. The standard InChI is InChI=1S/C14H16ClF3N2/c15-12-2-1-10(7-11(12)14(16,17)18)19-13-8-20-5-3-9(13)4-6-20/h1-2,7,9,13,19H,3-6,8H2. The number of hydrogen-bond acceptors (Lipinski definition) is 2. The quantitative estimate of drug-likeness (QED) is 0.892. The SMILES string of the molecule is FC(F)(F)c1cc(NC2CN3CCC2CC3)ccc1Cl. The smallest absolute Gasteiger partial charge is 0.381 e. The van der Waals surface area contributed by atoms with Gasteiger partial charge in [0.2, 0.25) is 0 Å². The monoisotopic (exact) mass is 304 g/mol. The van der Waals surface area contributed by atoms with Crippen LogP contribution >= 0.6 is 11.6 Å². The second-order valence-electron chi connectivity index (χ2n) is 5.58. The van der Waals surface area contributed by atoms with E-state index in [1.807, 2.05) is 0 Å². The topological polar surface area (TPSA) is 15.3 Å². The van der Waals surface area contributed by atoms with Crippen molar-refractivity contribution in [2.45, 2.75) is 25.1 Å². The summed E-state index contributed by atoms with van der Waals surface area (Å²) in [7, 11) is 0. The Balaban J connectivity index is 1.78. The van der Waals surface area contributed by atoms with Crippen LogP contribution in [0.2, 0.25) is 5.02 Å². The average Bonchev–Trinajstić information content (AvgIpc) is 2.41. The molecule has 2 bridgehead atoms. The van der Waals surface area contributed by atoms with Crippen LogP contribution in [0.1, 0.15) is 18.4 Å². The molecule has 3 aliphatic rings.